The molecular formula is C16H20O2. The molecule has 0 bridgehead atoms. The molecule has 0 spiro atoms. The van der Waals surface area contributed by atoms with Crippen molar-refractivity contribution >= 4 is 11.6 Å². The maximum absolute atomic E-state index is 11.3. The van der Waals surface area contributed by atoms with Gasteiger partial charge in [-0.1, -0.05) is 24.3 Å². The van der Waals surface area contributed by atoms with Crippen LogP contribution in [0.4, 0.5) is 0 Å². The molecule has 2 heteroatoms. The van der Waals surface area contributed by atoms with Crippen molar-refractivity contribution in [2.45, 2.75) is 45.4 Å². The van der Waals surface area contributed by atoms with E-state index in [1.807, 2.05) is 12.1 Å². The minimum Gasteiger partial charge on any atom is -0.300 e. The average molecular weight is 244 g/mol. The molecule has 2 nitrogen and oxygen atoms in total. The summed E-state index contributed by atoms with van der Waals surface area (Å²) in [6.45, 7) is 3.29. The van der Waals surface area contributed by atoms with Crippen LogP contribution in [0.25, 0.3) is 0 Å². The smallest absolute Gasteiger partial charge is 0.159 e. The molecule has 1 aromatic rings. The predicted molar refractivity (Wildman–Crippen MR) is 71.8 cm³/mol. The van der Waals surface area contributed by atoms with Gasteiger partial charge in [-0.3, -0.25) is 9.59 Å². The van der Waals surface area contributed by atoms with Crippen molar-refractivity contribution in [2.24, 2.45) is 5.92 Å². The second kappa shape index (κ2) is 5.47. The number of hydrogen-bond donors (Lipinski definition) is 0. The lowest BCUT2D eigenvalue weighted by molar-refractivity contribution is -0.121. The Bertz CT molecular complexity index is 437. The average Bonchev–Trinajstić information content (AvgIpc) is 2.39. The Morgan fingerprint density at radius 2 is 1.50 bits per heavy atom. The van der Waals surface area contributed by atoms with Gasteiger partial charge in [0.15, 0.2) is 5.78 Å². The van der Waals surface area contributed by atoms with Crippen LogP contribution in [0.15, 0.2) is 24.3 Å². The molecule has 1 aromatic carbocycles. The molecule has 1 aliphatic rings. The molecule has 0 unspecified atom stereocenters. The Kier molecular flexibility index (Phi) is 3.95. The molecule has 0 radical (unpaired) electrons. The lowest BCUT2D eigenvalue weighted by atomic mass is 9.77. The van der Waals surface area contributed by atoms with E-state index in [1.165, 1.54) is 5.56 Å². The van der Waals surface area contributed by atoms with Crippen molar-refractivity contribution in [2.75, 3.05) is 0 Å². The zero-order valence-electron chi connectivity index (χ0n) is 11.1. The van der Waals surface area contributed by atoms with Gasteiger partial charge in [-0.25, -0.2) is 0 Å². The van der Waals surface area contributed by atoms with Crippen LogP contribution in [0.2, 0.25) is 0 Å². The van der Waals surface area contributed by atoms with Crippen molar-refractivity contribution in [3.05, 3.63) is 35.4 Å². The molecule has 0 atom stereocenters. The summed E-state index contributed by atoms with van der Waals surface area (Å²) in [5.74, 6) is 1.28. The van der Waals surface area contributed by atoms with Crippen LogP contribution in [0, 0.1) is 5.92 Å². The van der Waals surface area contributed by atoms with E-state index in [2.05, 4.69) is 12.1 Å². The SMILES string of the molecule is CC(=O)c1ccc(C2CCC(C(C)=O)CC2)cc1. The number of benzene rings is 1. The summed E-state index contributed by atoms with van der Waals surface area (Å²) in [6, 6.07) is 7.95. The van der Waals surface area contributed by atoms with Gasteiger partial charge in [-0.05, 0) is 51.0 Å². The van der Waals surface area contributed by atoms with E-state index in [1.54, 1.807) is 13.8 Å². The first kappa shape index (κ1) is 13.0. The van der Waals surface area contributed by atoms with E-state index >= 15 is 0 Å². The van der Waals surface area contributed by atoms with Crippen molar-refractivity contribution in [3.63, 3.8) is 0 Å². The first-order valence-electron chi connectivity index (χ1n) is 6.69. The number of ketones is 2. The first-order chi connectivity index (χ1) is 8.58. The van der Waals surface area contributed by atoms with E-state index < -0.39 is 0 Å². The number of rotatable bonds is 3. The molecule has 0 amide bonds. The minimum atomic E-state index is 0.113. The van der Waals surface area contributed by atoms with Crippen LogP contribution in [-0.2, 0) is 4.79 Å². The largest absolute Gasteiger partial charge is 0.300 e. The Morgan fingerprint density at radius 3 is 1.94 bits per heavy atom. The van der Waals surface area contributed by atoms with E-state index in [9.17, 15) is 9.59 Å². The predicted octanol–water partition coefficient (Wildman–Crippen LogP) is 3.75. The van der Waals surface area contributed by atoms with Crippen LogP contribution in [-0.4, -0.2) is 11.6 Å². The number of Topliss-reactive ketones (excluding diaryl/α,β-unsaturated/α-hetero) is 2. The molecule has 0 aromatic heterocycles. The molecule has 0 heterocycles. The van der Waals surface area contributed by atoms with Crippen molar-refractivity contribution in [1.82, 2.24) is 0 Å². The van der Waals surface area contributed by atoms with Gasteiger partial charge in [-0.15, -0.1) is 0 Å². The van der Waals surface area contributed by atoms with Gasteiger partial charge in [0.2, 0.25) is 0 Å². The summed E-state index contributed by atoms with van der Waals surface area (Å²) in [4.78, 5) is 22.5. The molecule has 1 saturated carbocycles. The maximum Gasteiger partial charge on any atom is 0.159 e. The highest BCUT2D eigenvalue weighted by atomic mass is 16.1. The van der Waals surface area contributed by atoms with Crippen molar-refractivity contribution in [1.29, 1.82) is 0 Å². The zero-order chi connectivity index (χ0) is 13.1. The Labute approximate surface area is 108 Å². The molecule has 96 valence electrons. The van der Waals surface area contributed by atoms with Crippen LogP contribution < -0.4 is 0 Å². The molecule has 1 fully saturated rings. The highest BCUT2D eigenvalue weighted by Gasteiger charge is 2.24. The van der Waals surface area contributed by atoms with Gasteiger partial charge >= 0.3 is 0 Å². The van der Waals surface area contributed by atoms with E-state index in [4.69, 9.17) is 0 Å². The third kappa shape index (κ3) is 2.87. The molecule has 18 heavy (non-hydrogen) atoms. The molecular weight excluding hydrogens is 224 g/mol. The second-order valence-corrected chi connectivity index (χ2v) is 5.34. The molecule has 0 saturated heterocycles. The number of carbonyl (C=O) groups excluding carboxylic acids is 2. The van der Waals surface area contributed by atoms with Crippen LogP contribution in [0.5, 0.6) is 0 Å². The van der Waals surface area contributed by atoms with E-state index in [-0.39, 0.29) is 11.7 Å². The van der Waals surface area contributed by atoms with Crippen LogP contribution >= 0.6 is 0 Å². The van der Waals surface area contributed by atoms with Gasteiger partial charge in [0, 0.05) is 11.5 Å². The topological polar surface area (TPSA) is 34.1 Å². The van der Waals surface area contributed by atoms with Gasteiger partial charge in [0.1, 0.15) is 5.78 Å². The van der Waals surface area contributed by atoms with Crippen LogP contribution in [0.1, 0.15) is 61.4 Å². The lowest BCUT2D eigenvalue weighted by Gasteiger charge is -2.27. The summed E-state index contributed by atoms with van der Waals surface area (Å²) in [5.41, 5.74) is 2.08. The van der Waals surface area contributed by atoms with Crippen LogP contribution in [0.3, 0.4) is 0 Å². The zero-order valence-corrected chi connectivity index (χ0v) is 11.1. The summed E-state index contributed by atoms with van der Waals surface area (Å²) in [6.07, 6.45) is 4.19. The van der Waals surface area contributed by atoms with E-state index in [0.29, 0.717) is 11.7 Å². The third-order valence-electron chi connectivity index (χ3n) is 4.09. The van der Waals surface area contributed by atoms with Gasteiger partial charge < -0.3 is 0 Å². The molecule has 0 N–H and O–H groups in total. The minimum absolute atomic E-state index is 0.113. The fourth-order valence-electron chi connectivity index (χ4n) is 2.82. The summed E-state index contributed by atoms with van der Waals surface area (Å²) in [7, 11) is 0. The Balaban J connectivity index is 2.01. The molecule has 1 aliphatic carbocycles. The van der Waals surface area contributed by atoms with Gasteiger partial charge in [0.05, 0.1) is 0 Å². The third-order valence-corrected chi connectivity index (χ3v) is 4.09. The Hall–Kier alpha value is -1.44. The van der Waals surface area contributed by atoms with Crippen molar-refractivity contribution in [3.8, 4) is 0 Å². The second-order valence-electron chi connectivity index (χ2n) is 5.34. The van der Waals surface area contributed by atoms with Gasteiger partial charge in [-0.2, -0.15) is 0 Å². The highest BCUT2D eigenvalue weighted by Crippen LogP contribution is 2.36. The summed E-state index contributed by atoms with van der Waals surface area (Å²) < 4.78 is 0. The number of carbonyl (C=O) groups is 2. The molecule has 0 aliphatic heterocycles. The maximum atomic E-state index is 11.3. The summed E-state index contributed by atoms with van der Waals surface area (Å²) in [5, 5.41) is 0. The lowest BCUT2D eigenvalue weighted by Crippen LogP contribution is -2.18. The first-order valence-corrected chi connectivity index (χ1v) is 6.69. The normalized spacial score (nSPS) is 23.7. The van der Waals surface area contributed by atoms with Gasteiger partial charge in [0.25, 0.3) is 0 Å². The monoisotopic (exact) mass is 244 g/mol. The quantitative estimate of drug-likeness (QED) is 0.759. The Morgan fingerprint density at radius 1 is 0.944 bits per heavy atom. The highest BCUT2D eigenvalue weighted by molar-refractivity contribution is 5.94. The molecule has 2 rings (SSSR count). The standard InChI is InChI=1S/C16H20O2/c1-11(17)13-3-7-15(8-4-13)16-9-5-14(6-10-16)12(2)18/h3-4,7-8,14,16H,5-6,9-10H2,1-2H3. The van der Waals surface area contributed by atoms with Crippen molar-refractivity contribution < 1.29 is 9.59 Å². The number of hydrogen-bond acceptors (Lipinski definition) is 2. The van der Waals surface area contributed by atoms with E-state index in [0.717, 1.165) is 31.2 Å². The summed E-state index contributed by atoms with van der Waals surface area (Å²) >= 11 is 0. The fraction of sp³-hybridized carbons (Fsp3) is 0.500. The fourth-order valence-corrected chi connectivity index (χ4v) is 2.82.